The van der Waals surface area contributed by atoms with Crippen molar-refractivity contribution in [3.8, 4) is 0 Å². The average molecular weight is 314 g/mol. The summed E-state index contributed by atoms with van der Waals surface area (Å²) in [6, 6.07) is 13.5. The van der Waals surface area contributed by atoms with Gasteiger partial charge in [-0.1, -0.05) is 12.1 Å². The van der Waals surface area contributed by atoms with Gasteiger partial charge in [0.1, 0.15) is 0 Å². The Balaban J connectivity index is 1.76. The molecule has 0 fully saturated rings. The SMILES string of the molecule is C[C@@H](NC(Cc1cccs1)c1cccs1)c1ccncc1. The second-order valence-corrected chi connectivity index (χ2v) is 7.03. The summed E-state index contributed by atoms with van der Waals surface area (Å²) in [5.41, 5.74) is 1.28. The monoisotopic (exact) mass is 314 g/mol. The molecule has 0 aliphatic heterocycles. The van der Waals surface area contributed by atoms with Crippen LogP contribution in [-0.2, 0) is 6.42 Å². The van der Waals surface area contributed by atoms with E-state index in [4.69, 9.17) is 0 Å². The van der Waals surface area contributed by atoms with Gasteiger partial charge in [-0.05, 0) is 47.5 Å². The molecule has 0 aromatic carbocycles. The Morgan fingerprint density at radius 1 is 1.05 bits per heavy atom. The van der Waals surface area contributed by atoms with Gasteiger partial charge < -0.3 is 5.32 Å². The fourth-order valence-corrected chi connectivity index (χ4v) is 3.95. The minimum atomic E-state index is 0.306. The number of aromatic nitrogens is 1. The van der Waals surface area contributed by atoms with Crippen LogP contribution in [0.3, 0.4) is 0 Å². The summed E-state index contributed by atoms with van der Waals surface area (Å²) in [4.78, 5) is 6.91. The van der Waals surface area contributed by atoms with E-state index in [2.05, 4.69) is 64.4 Å². The molecule has 0 spiro atoms. The fraction of sp³-hybridized carbons (Fsp3) is 0.235. The Bertz CT molecular complexity index is 633. The summed E-state index contributed by atoms with van der Waals surface area (Å²) in [5, 5.41) is 8.06. The van der Waals surface area contributed by atoms with Crippen LogP contribution >= 0.6 is 22.7 Å². The van der Waals surface area contributed by atoms with Crippen molar-refractivity contribution in [2.24, 2.45) is 0 Å². The highest BCUT2D eigenvalue weighted by Crippen LogP contribution is 2.27. The molecule has 0 aliphatic carbocycles. The van der Waals surface area contributed by atoms with Crippen LogP contribution in [0.5, 0.6) is 0 Å². The second-order valence-electron chi connectivity index (χ2n) is 5.02. The Hall–Kier alpha value is -1.49. The summed E-state index contributed by atoms with van der Waals surface area (Å²) in [5.74, 6) is 0. The highest BCUT2D eigenvalue weighted by Gasteiger charge is 2.17. The molecule has 1 N–H and O–H groups in total. The third-order valence-corrected chi connectivity index (χ3v) is 5.41. The van der Waals surface area contributed by atoms with E-state index in [1.54, 1.807) is 0 Å². The lowest BCUT2D eigenvalue weighted by atomic mass is 10.1. The molecule has 0 saturated carbocycles. The average Bonchev–Trinajstić information content (AvgIpc) is 3.21. The maximum atomic E-state index is 4.09. The van der Waals surface area contributed by atoms with Crippen LogP contribution in [-0.4, -0.2) is 4.98 Å². The predicted molar refractivity (Wildman–Crippen MR) is 90.9 cm³/mol. The van der Waals surface area contributed by atoms with Gasteiger partial charge in [0.2, 0.25) is 0 Å². The Morgan fingerprint density at radius 3 is 2.48 bits per heavy atom. The molecule has 4 heteroatoms. The van der Waals surface area contributed by atoms with Crippen LogP contribution in [0.2, 0.25) is 0 Å². The standard InChI is InChI=1S/C17H18N2S2/c1-13(14-6-8-18-9-7-14)19-16(17-5-3-11-21-17)12-15-4-2-10-20-15/h2-11,13,16,19H,12H2,1H3/t13-,16?/m1/s1. The first-order valence-corrected chi connectivity index (χ1v) is 8.80. The van der Waals surface area contributed by atoms with Crippen LogP contribution < -0.4 is 5.32 Å². The van der Waals surface area contributed by atoms with E-state index in [0.29, 0.717) is 12.1 Å². The summed E-state index contributed by atoms with van der Waals surface area (Å²) in [6.07, 6.45) is 4.74. The molecule has 108 valence electrons. The lowest BCUT2D eigenvalue weighted by molar-refractivity contribution is 0.471. The topological polar surface area (TPSA) is 24.9 Å². The molecule has 3 aromatic heterocycles. The molecule has 0 amide bonds. The number of thiophene rings is 2. The molecule has 2 atom stereocenters. The summed E-state index contributed by atoms with van der Waals surface area (Å²) in [7, 11) is 0. The zero-order valence-corrected chi connectivity index (χ0v) is 13.5. The van der Waals surface area contributed by atoms with Gasteiger partial charge in [-0.2, -0.15) is 0 Å². The van der Waals surface area contributed by atoms with Gasteiger partial charge in [0, 0.05) is 40.7 Å². The van der Waals surface area contributed by atoms with E-state index >= 15 is 0 Å². The van der Waals surface area contributed by atoms with E-state index in [-0.39, 0.29) is 0 Å². The molecule has 0 saturated heterocycles. The molecule has 0 aliphatic rings. The Morgan fingerprint density at radius 2 is 1.81 bits per heavy atom. The number of nitrogens with one attached hydrogen (secondary N) is 1. The third kappa shape index (κ3) is 3.79. The van der Waals surface area contributed by atoms with Crippen LogP contribution in [0, 0.1) is 0 Å². The quantitative estimate of drug-likeness (QED) is 0.704. The lowest BCUT2D eigenvalue weighted by Crippen LogP contribution is -2.25. The van der Waals surface area contributed by atoms with E-state index in [1.165, 1.54) is 15.3 Å². The predicted octanol–water partition coefficient (Wildman–Crippen LogP) is 4.84. The summed E-state index contributed by atoms with van der Waals surface area (Å²) < 4.78 is 0. The number of rotatable bonds is 6. The number of hydrogen-bond donors (Lipinski definition) is 1. The number of nitrogens with zero attached hydrogens (tertiary/aromatic N) is 1. The fourth-order valence-electron chi connectivity index (χ4n) is 2.41. The van der Waals surface area contributed by atoms with Crippen LogP contribution in [0.1, 0.15) is 34.3 Å². The molecule has 3 aromatic rings. The van der Waals surface area contributed by atoms with Crippen LogP contribution in [0.15, 0.2) is 59.6 Å². The number of hydrogen-bond acceptors (Lipinski definition) is 4. The van der Waals surface area contributed by atoms with Crippen molar-refractivity contribution in [3.05, 3.63) is 74.9 Å². The zero-order valence-electron chi connectivity index (χ0n) is 11.9. The van der Waals surface area contributed by atoms with Crippen molar-refractivity contribution in [1.82, 2.24) is 10.3 Å². The van der Waals surface area contributed by atoms with E-state index in [9.17, 15) is 0 Å². The smallest absolute Gasteiger partial charge is 0.0468 e. The van der Waals surface area contributed by atoms with Crippen molar-refractivity contribution in [2.45, 2.75) is 25.4 Å². The van der Waals surface area contributed by atoms with Gasteiger partial charge >= 0.3 is 0 Å². The third-order valence-electron chi connectivity index (χ3n) is 3.53. The van der Waals surface area contributed by atoms with Gasteiger partial charge in [0.05, 0.1) is 0 Å². The maximum Gasteiger partial charge on any atom is 0.0468 e. The van der Waals surface area contributed by atoms with Crippen molar-refractivity contribution in [3.63, 3.8) is 0 Å². The highest BCUT2D eigenvalue weighted by atomic mass is 32.1. The molecule has 0 bridgehead atoms. The minimum absolute atomic E-state index is 0.306. The number of pyridine rings is 1. The molecule has 2 nitrogen and oxygen atoms in total. The van der Waals surface area contributed by atoms with Gasteiger partial charge in [-0.25, -0.2) is 0 Å². The van der Waals surface area contributed by atoms with Gasteiger partial charge in [-0.15, -0.1) is 22.7 Å². The molecule has 1 unspecified atom stereocenters. The van der Waals surface area contributed by atoms with Gasteiger partial charge in [0.25, 0.3) is 0 Å². The van der Waals surface area contributed by atoms with E-state index < -0.39 is 0 Å². The van der Waals surface area contributed by atoms with Crippen LogP contribution in [0.25, 0.3) is 0 Å². The Kier molecular flexibility index (Phi) is 4.80. The molecular weight excluding hydrogens is 296 g/mol. The second kappa shape index (κ2) is 6.98. The van der Waals surface area contributed by atoms with E-state index in [1.807, 2.05) is 35.1 Å². The van der Waals surface area contributed by atoms with E-state index in [0.717, 1.165) is 6.42 Å². The first-order valence-electron chi connectivity index (χ1n) is 7.04. The molecule has 3 heterocycles. The Labute approximate surface area is 133 Å². The largest absolute Gasteiger partial charge is 0.302 e. The first-order chi connectivity index (χ1) is 10.3. The van der Waals surface area contributed by atoms with Crippen LogP contribution in [0.4, 0.5) is 0 Å². The molecule has 21 heavy (non-hydrogen) atoms. The molecular formula is C17H18N2S2. The zero-order chi connectivity index (χ0) is 14.5. The van der Waals surface area contributed by atoms with Crippen molar-refractivity contribution < 1.29 is 0 Å². The summed E-state index contributed by atoms with van der Waals surface area (Å²) >= 11 is 3.65. The normalized spacial score (nSPS) is 14.0. The van der Waals surface area contributed by atoms with Crippen molar-refractivity contribution in [2.75, 3.05) is 0 Å². The van der Waals surface area contributed by atoms with Crippen molar-refractivity contribution >= 4 is 22.7 Å². The highest BCUT2D eigenvalue weighted by molar-refractivity contribution is 7.10. The minimum Gasteiger partial charge on any atom is -0.302 e. The molecule has 3 rings (SSSR count). The first kappa shape index (κ1) is 14.4. The van der Waals surface area contributed by atoms with Gasteiger partial charge in [-0.3, -0.25) is 4.98 Å². The summed E-state index contributed by atoms with van der Waals surface area (Å²) in [6.45, 7) is 2.21. The van der Waals surface area contributed by atoms with Gasteiger partial charge in [0.15, 0.2) is 0 Å². The maximum absolute atomic E-state index is 4.09. The van der Waals surface area contributed by atoms with Crippen molar-refractivity contribution in [1.29, 1.82) is 0 Å². The lowest BCUT2D eigenvalue weighted by Gasteiger charge is -2.22. The molecule has 0 radical (unpaired) electrons.